The van der Waals surface area contributed by atoms with E-state index in [1.807, 2.05) is 36.4 Å². The van der Waals surface area contributed by atoms with Gasteiger partial charge in [0.2, 0.25) is 11.8 Å². The number of benzene rings is 1. The van der Waals surface area contributed by atoms with Gasteiger partial charge in [-0.25, -0.2) is 0 Å². The Bertz CT molecular complexity index is 717. The van der Waals surface area contributed by atoms with E-state index in [4.69, 9.17) is 4.74 Å². The molecule has 1 aromatic carbocycles. The molecule has 26 heavy (non-hydrogen) atoms. The zero-order valence-corrected chi connectivity index (χ0v) is 15.4. The van der Waals surface area contributed by atoms with E-state index in [0.717, 1.165) is 16.9 Å². The summed E-state index contributed by atoms with van der Waals surface area (Å²) < 4.78 is 5.15. The number of nitrogens with zero attached hydrogens (tertiary/aromatic N) is 2. The highest BCUT2D eigenvalue weighted by Crippen LogP contribution is 2.15. The minimum Gasteiger partial charge on any atom is -0.497 e. The molecule has 0 unspecified atom stereocenters. The highest BCUT2D eigenvalue weighted by molar-refractivity contribution is 5.87. The second-order valence-electron chi connectivity index (χ2n) is 5.98. The topological polar surface area (TPSA) is 71.5 Å². The van der Waals surface area contributed by atoms with Crippen molar-refractivity contribution in [3.8, 4) is 5.75 Å². The number of rotatable bonds is 8. The average molecular weight is 355 g/mol. The second-order valence-corrected chi connectivity index (χ2v) is 5.98. The van der Waals surface area contributed by atoms with Crippen LogP contribution in [0.5, 0.6) is 5.75 Å². The lowest BCUT2D eigenvalue weighted by atomic mass is 10.1. The van der Waals surface area contributed by atoms with Gasteiger partial charge in [-0.1, -0.05) is 25.1 Å². The molecule has 0 aliphatic carbocycles. The van der Waals surface area contributed by atoms with Crippen molar-refractivity contribution in [1.29, 1.82) is 0 Å². The van der Waals surface area contributed by atoms with Gasteiger partial charge in [-0.3, -0.25) is 14.6 Å². The van der Waals surface area contributed by atoms with Gasteiger partial charge in [-0.05, 0) is 36.2 Å². The lowest BCUT2D eigenvalue weighted by Crippen LogP contribution is -2.47. The number of carbonyl (C=O) groups is 2. The highest BCUT2D eigenvalue weighted by atomic mass is 16.5. The molecule has 6 nitrogen and oxygen atoms in total. The summed E-state index contributed by atoms with van der Waals surface area (Å²) in [5, 5.41) is 2.87. The van der Waals surface area contributed by atoms with Crippen molar-refractivity contribution in [3.63, 3.8) is 0 Å². The third-order valence-electron chi connectivity index (χ3n) is 4.17. The van der Waals surface area contributed by atoms with E-state index in [-0.39, 0.29) is 11.8 Å². The second kappa shape index (κ2) is 9.56. The van der Waals surface area contributed by atoms with E-state index in [2.05, 4.69) is 10.3 Å². The van der Waals surface area contributed by atoms with Crippen LogP contribution >= 0.6 is 0 Å². The number of amides is 2. The predicted octanol–water partition coefficient (Wildman–Crippen LogP) is 2.53. The fourth-order valence-corrected chi connectivity index (χ4v) is 2.55. The number of ether oxygens (including phenoxy) is 1. The van der Waals surface area contributed by atoms with Gasteiger partial charge in [0.25, 0.3) is 0 Å². The van der Waals surface area contributed by atoms with Crippen LogP contribution in [0.2, 0.25) is 0 Å². The predicted molar refractivity (Wildman–Crippen MR) is 99.4 cm³/mol. The first-order valence-corrected chi connectivity index (χ1v) is 8.64. The van der Waals surface area contributed by atoms with Crippen LogP contribution in [0, 0.1) is 0 Å². The Balaban J connectivity index is 2.04. The molecule has 6 heteroatoms. The van der Waals surface area contributed by atoms with Crippen molar-refractivity contribution < 1.29 is 14.3 Å². The van der Waals surface area contributed by atoms with Gasteiger partial charge in [0.05, 0.1) is 7.11 Å². The van der Waals surface area contributed by atoms with Gasteiger partial charge in [-0.15, -0.1) is 0 Å². The van der Waals surface area contributed by atoms with Crippen molar-refractivity contribution in [3.05, 3.63) is 59.9 Å². The maximum atomic E-state index is 12.5. The maximum absolute atomic E-state index is 12.5. The largest absolute Gasteiger partial charge is 0.497 e. The van der Waals surface area contributed by atoms with Gasteiger partial charge >= 0.3 is 0 Å². The Kier molecular flexibility index (Phi) is 7.14. The van der Waals surface area contributed by atoms with Gasteiger partial charge in [0.15, 0.2) is 0 Å². The molecule has 138 valence electrons. The molecule has 0 aliphatic rings. The fraction of sp³-hybridized carbons (Fsp3) is 0.350. The Morgan fingerprint density at radius 3 is 2.50 bits per heavy atom. The molecule has 1 heterocycles. The molecule has 0 aliphatic heterocycles. The molecule has 0 bridgehead atoms. The fourth-order valence-electron chi connectivity index (χ4n) is 2.55. The summed E-state index contributed by atoms with van der Waals surface area (Å²) in [7, 11) is 1.61. The molecule has 0 radical (unpaired) electrons. The van der Waals surface area contributed by atoms with Crippen LogP contribution in [0.4, 0.5) is 0 Å². The van der Waals surface area contributed by atoms with E-state index in [9.17, 15) is 9.59 Å². The van der Waals surface area contributed by atoms with Crippen molar-refractivity contribution in [2.75, 3.05) is 7.11 Å². The molecule has 0 saturated carbocycles. The average Bonchev–Trinajstić information content (AvgIpc) is 2.70. The summed E-state index contributed by atoms with van der Waals surface area (Å²) in [6, 6.07) is 10.6. The molecule has 0 fully saturated rings. The summed E-state index contributed by atoms with van der Waals surface area (Å²) in [5.74, 6) is 0.499. The molecule has 1 atom stereocenters. The Labute approximate surface area is 154 Å². The smallest absolute Gasteiger partial charge is 0.242 e. The number of carbonyl (C=O) groups excluding carboxylic acids is 2. The van der Waals surface area contributed by atoms with E-state index in [1.165, 1.54) is 0 Å². The molecule has 2 amide bonds. The summed E-state index contributed by atoms with van der Waals surface area (Å²) in [4.78, 5) is 30.5. The van der Waals surface area contributed by atoms with Crippen LogP contribution < -0.4 is 10.1 Å². The highest BCUT2D eigenvalue weighted by Gasteiger charge is 2.24. The normalized spacial score (nSPS) is 11.5. The lowest BCUT2D eigenvalue weighted by molar-refractivity contribution is -0.140. The molecular formula is C20H25N3O3. The number of methoxy groups -OCH3 is 1. The van der Waals surface area contributed by atoms with Crippen LogP contribution in [0.3, 0.4) is 0 Å². The molecular weight excluding hydrogens is 330 g/mol. The summed E-state index contributed by atoms with van der Waals surface area (Å²) in [6.07, 6.45) is 3.73. The first-order valence-electron chi connectivity index (χ1n) is 8.64. The lowest BCUT2D eigenvalue weighted by Gasteiger charge is -2.28. The van der Waals surface area contributed by atoms with Gasteiger partial charge < -0.3 is 15.0 Å². The molecule has 1 aromatic heterocycles. The molecule has 1 N–H and O–H groups in total. The monoisotopic (exact) mass is 355 g/mol. The number of hydrogen-bond acceptors (Lipinski definition) is 4. The zero-order valence-electron chi connectivity index (χ0n) is 15.4. The van der Waals surface area contributed by atoms with E-state index in [0.29, 0.717) is 19.5 Å². The third kappa shape index (κ3) is 5.31. The Morgan fingerprint density at radius 2 is 1.92 bits per heavy atom. The quantitative estimate of drug-likeness (QED) is 0.790. The van der Waals surface area contributed by atoms with Crippen LogP contribution in [-0.4, -0.2) is 34.8 Å². The number of nitrogens with one attached hydrogen (secondary N) is 1. The minimum absolute atomic E-state index is 0.0650. The maximum Gasteiger partial charge on any atom is 0.242 e. The summed E-state index contributed by atoms with van der Waals surface area (Å²) in [6.45, 7) is 4.30. The number of aromatic nitrogens is 1. The molecule has 0 saturated heterocycles. The van der Waals surface area contributed by atoms with Gasteiger partial charge in [0, 0.05) is 31.9 Å². The Hall–Kier alpha value is -2.89. The van der Waals surface area contributed by atoms with Crippen molar-refractivity contribution in [2.24, 2.45) is 0 Å². The van der Waals surface area contributed by atoms with Crippen LogP contribution in [-0.2, 0) is 22.7 Å². The Morgan fingerprint density at radius 1 is 1.19 bits per heavy atom. The summed E-state index contributed by atoms with van der Waals surface area (Å²) in [5.41, 5.74) is 1.86. The third-order valence-corrected chi connectivity index (χ3v) is 4.17. The van der Waals surface area contributed by atoms with Crippen LogP contribution in [0.25, 0.3) is 0 Å². The van der Waals surface area contributed by atoms with Crippen molar-refractivity contribution in [2.45, 2.75) is 39.4 Å². The first kappa shape index (κ1) is 19.4. The first-order chi connectivity index (χ1) is 12.5. The zero-order chi connectivity index (χ0) is 18.9. The van der Waals surface area contributed by atoms with Gasteiger partial charge in [-0.2, -0.15) is 0 Å². The van der Waals surface area contributed by atoms with Crippen molar-refractivity contribution in [1.82, 2.24) is 15.2 Å². The van der Waals surface area contributed by atoms with E-state index in [1.54, 1.807) is 38.3 Å². The van der Waals surface area contributed by atoms with E-state index >= 15 is 0 Å². The van der Waals surface area contributed by atoms with E-state index < -0.39 is 6.04 Å². The number of hydrogen-bond donors (Lipinski definition) is 1. The van der Waals surface area contributed by atoms with Gasteiger partial charge in [0.1, 0.15) is 11.8 Å². The standard InChI is InChI=1S/C20H25N3O3/c1-4-19(24)23(14-16-7-9-18(26-3)10-8-16)15(2)20(25)22-13-17-6-5-11-21-12-17/h5-12,15H,4,13-14H2,1-3H3,(H,22,25)/t15-/m1/s1. The van der Waals surface area contributed by atoms with Crippen LogP contribution in [0.1, 0.15) is 31.4 Å². The molecule has 2 rings (SSSR count). The minimum atomic E-state index is -0.568. The molecule has 2 aromatic rings. The van der Waals surface area contributed by atoms with Crippen LogP contribution in [0.15, 0.2) is 48.8 Å². The SMILES string of the molecule is CCC(=O)N(Cc1ccc(OC)cc1)[C@H](C)C(=O)NCc1cccnc1. The number of pyridine rings is 1. The van der Waals surface area contributed by atoms with Crippen molar-refractivity contribution >= 4 is 11.8 Å². The summed E-state index contributed by atoms with van der Waals surface area (Å²) >= 11 is 0. The molecule has 0 spiro atoms.